The number of hydrogen-bond acceptors (Lipinski definition) is 1. The largest absolute Gasteiger partial charge is 0.301 e. The van der Waals surface area contributed by atoms with E-state index in [2.05, 4.69) is 22.9 Å². The van der Waals surface area contributed by atoms with Crippen LogP contribution < -0.4 is 0 Å². The summed E-state index contributed by atoms with van der Waals surface area (Å²) in [5, 5.41) is 7.69. The number of allylic oxidation sites excluding steroid dienone is 4. The molecule has 1 N–H and O–H groups in total. The zero-order chi connectivity index (χ0) is 9.72. The molecule has 68 valence electrons. The van der Waals surface area contributed by atoms with E-state index in [1.165, 1.54) is 0 Å². The number of rotatable bonds is 3. The lowest BCUT2D eigenvalue weighted by Crippen LogP contribution is -1.95. The summed E-state index contributed by atoms with van der Waals surface area (Å²) in [6.45, 7) is 8.04. The van der Waals surface area contributed by atoms with E-state index in [0.717, 1.165) is 22.0 Å². The second kappa shape index (κ2) is 5.31. The van der Waals surface area contributed by atoms with Gasteiger partial charge in [0.1, 0.15) is 0 Å². The minimum absolute atomic E-state index is 0.601. The minimum Gasteiger partial charge on any atom is -0.301 e. The first-order valence-electron chi connectivity index (χ1n) is 4.08. The van der Waals surface area contributed by atoms with Crippen LogP contribution >= 0.6 is 15.9 Å². The van der Waals surface area contributed by atoms with Crippen LogP contribution in [0.5, 0.6) is 0 Å². The quantitative estimate of drug-likeness (QED) is 0.707. The first-order valence-corrected chi connectivity index (χ1v) is 4.87. The first-order chi connectivity index (χ1) is 5.49. The molecule has 0 saturated heterocycles. The highest BCUT2D eigenvalue weighted by molar-refractivity contribution is 9.11. The van der Waals surface area contributed by atoms with Gasteiger partial charge in [0.2, 0.25) is 0 Å². The molecule has 0 atom stereocenters. The molecule has 0 amide bonds. The standard InChI is InChI=1S/C10H16BrN/c1-5-9(11)8(4)10(12)6-7(2)3/h6,12H,5H2,1-4H3/b9-8-,12-10?. The lowest BCUT2D eigenvalue weighted by atomic mass is 10.1. The summed E-state index contributed by atoms with van der Waals surface area (Å²) >= 11 is 3.44. The van der Waals surface area contributed by atoms with Crippen molar-refractivity contribution < 1.29 is 0 Å². The lowest BCUT2D eigenvalue weighted by Gasteiger charge is -2.02. The van der Waals surface area contributed by atoms with Gasteiger partial charge in [-0.2, -0.15) is 0 Å². The molecule has 0 unspecified atom stereocenters. The topological polar surface area (TPSA) is 23.9 Å². The molecule has 0 aromatic rings. The average molecular weight is 230 g/mol. The SMILES string of the molecule is CC/C(Br)=C(\C)C(=N)C=C(C)C. The summed E-state index contributed by atoms with van der Waals surface area (Å²) in [6.07, 6.45) is 2.83. The Morgan fingerprint density at radius 3 is 2.17 bits per heavy atom. The van der Waals surface area contributed by atoms with Gasteiger partial charge in [-0.15, -0.1) is 0 Å². The second-order valence-corrected chi connectivity index (χ2v) is 3.98. The first kappa shape index (κ1) is 11.6. The highest BCUT2D eigenvalue weighted by Gasteiger charge is 2.00. The van der Waals surface area contributed by atoms with Gasteiger partial charge in [0.25, 0.3) is 0 Å². The van der Waals surface area contributed by atoms with Crippen molar-refractivity contribution in [2.24, 2.45) is 0 Å². The van der Waals surface area contributed by atoms with E-state index in [9.17, 15) is 0 Å². The molecule has 0 aliphatic heterocycles. The predicted octanol–water partition coefficient (Wildman–Crippen LogP) is 4.05. The molecule has 0 rings (SSSR count). The van der Waals surface area contributed by atoms with Gasteiger partial charge in [-0.3, -0.25) is 0 Å². The monoisotopic (exact) mass is 229 g/mol. The smallest absolute Gasteiger partial charge is 0.0576 e. The Bertz CT molecular complexity index is 232. The van der Waals surface area contributed by atoms with E-state index in [-0.39, 0.29) is 0 Å². The normalized spacial score (nSPS) is 12.1. The van der Waals surface area contributed by atoms with Crippen molar-refractivity contribution in [3.63, 3.8) is 0 Å². The van der Waals surface area contributed by atoms with Crippen molar-refractivity contribution in [2.45, 2.75) is 34.1 Å². The Balaban J connectivity index is 4.62. The van der Waals surface area contributed by atoms with Crippen LogP contribution in [-0.2, 0) is 0 Å². The molecule has 0 bridgehead atoms. The average Bonchev–Trinajstić information content (AvgIpc) is 2.00. The van der Waals surface area contributed by atoms with Crippen LogP contribution in [0.4, 0.5) is 0 Å². The van der Waals surface area contributed by atoms with Gasteiger partial charge in [-0.05, 0) is 43.3 Å². The molecule has 0 aliphatic rings. The fourth-order valence-electron chi connectivity index (χ4n) is 0.808. The van der Waals surface area contributed by atoms with Crippen molar-refractivity contribution in [3.8, 4) is 0 Å². The molecule has 2 heteroatoms. The molecule has 0 aromatic heterocycles. The van der Waals surface area contributed by atoms with E-state index in [1.54, 1.807) is 0 Å². The van der Waals surface area contributed by atoms with Crippen LogP contribution in [0.3, 0.4) is 0 Å². The highest BCUT2D eigenvalue weighted by Crippen LogP contribution is 2.16. The van der Waals surface area contributed by atoms with Gasteiger partial charge in [0.15, 0.2) is 0 Å². The zero-order valence-electron chi connectivity index (χ0n) is 8.16. The summed E-state index contributed by atoms with van der Waals surface area (Å²) in [4.78, 5) is 0. The van der Waals surface area contributed by atoms with Crippen LogP contribution in [-0.4, -0.2) is 5.71 Å². The third kappa shape index (κ3) is 3.86. The Morgan fingerprint density at radius 1 is 1.33 bits per heavy atom. The molecule has 0 radical (unpaired) electrons. The van der Waals surface area contributed by atoms with Gasteiger partial charge in [-0.25, -0.2) is 0 Å². The number of nitrogens with one attached hydrogen (secondary N) is 1. The molecule has 0 heterocycles. The van der Waals surface area contributed by atoms with Crippen molar-refractivity contribution in [1.29, 1.82) is 5.41 Å². The van der Waals surface area contributed by atoms with Crippen LogP contribution in [0.2, 0.25) is 0 Å². The summed E-state index contributed by atoms with van der Waals surface area (Å²) in [6, 6.07) is 0. The van der Waals surface area contributed by atoms with Crippen LogP contribution in [0.15, 0.2) is 21.7 Å². The Labute approximate surface area is 83.2 Å². The van der Waals surface area contributed by atoms with Crippen LogP contribution in [0, 0.1) is 5.41 Å². The lowest BCUT2D eigenvalue weighted by molar-refractivity contribution is 1.18. The number of hydrogen-bond donors (Lipinski definition) is 1. The minimum atomic E-state index is 0.601. The number of halogens is 1. The highest BCUT2D eigenvalue weighted by atomic mass is 79.9. The van der Waals surface area contributed by atoms with E-state index in [1.807, 2.05) is 26.8 Å². The molecule has 1 nitrogen and oxygen atoms in total. The molecule has 0 aromatic carbocycles. The Morgan fingerprint density at radius 2 is 1.83 bits per heavy atom. The van der Waals surface area contributed by atoms with Gasteiger partial charge in [0, 0.05) is 0 Å². The summed E-state index contributed by atoms with van der Waals surface area (Å²) in [7, 11) is 0. The maximum Gasteiger partial charge on any atom is 0.0576 e. The van der Waals surface area contributed by atoms with Gasteiger partial charge in [-0.1, -0.05) is 28.4 Å². The van der Waals surface area contributed by atoms with Gasteiger partial charge < -0.3 is 5.41 Å². The summed E-state index contributed by atoms with van der Waals surface area (Å²) < 4.78 is 1.12. The molecule has 0 fully saturated rings. The molecule has 0 spiro atoms. The fourth-order valence-corrected chi connectivity index (χ4v) is 1.02. The predicted molar refractivity (Wildman–Crippen MR) is 59.1 cm³/mol. The van der Waals surface area contributed by atoms with Crippen molar-refractivity contribution in [2.75, 3.05) is 0 Å². The molecular formula is C10H16BrN. The molecular weight excluding hydrogens is 214 g/mol. The van der Waals surface area contributed by atoms with Crippen molar-refractivity contribution >= 4 is 21.6 Å². The van der Waals surface area contributed by atoms with Gasteiger partial charge in [0.05, 0.1) is 5.71 Å². The summed E-state index contributed by atoms with van der Waals surface area (Å²) in [5.41, 5.74) is 2.79. The summed E-state index contributed by atoms with van der Waals surface area (Å²) in [5.74, 6) is 0. The third-order valence-electron chi connectivity index (χ3n) is 1.55. The van der Waals surface area contributed by atoms with Crippen LogP contribution in [0.1, 0.15) is 34.1 Å². The molecule has 0 aliphatic carbocycles. The Kier molecular flexibility index (Phi) is 5.14. The van der Waals surface area contributed by atoms with E-state index < -0.39 is 0 Å². The maximum atomic E-state index is 7.69. The fraction of sp³-hybridized carbons (Fsp3) is 0.500. The Hall–Kier alpha value is -0.370. The molecule has 12 heavy (non-hydrogen) atoms. The zero-order valence-corrected chi connectivity index (χ0v) is 9.75. The third-order valence-corrected chi connectivity index (χ3v) is 2.71. The second-order valence-electron chi connectivity index (χ2n) is 3.02. The van der Waals surface area contributed by atoms with Crippen LogP contribution in [0.25, 0.3) is 0 Å². The van der Waals surface area contributed by atoms with E-state index >= 15 is 0 Å². The van der Waals surface area contributed by atoms with Gasteiger partial charge >= 0.3 is 0 Å². The van der Waals surface area contributed by atoms with E-state index in [0.29, 0.717) is 5.71 Å². The maximum absolute atomic E-state index is 7.69. The van der Waals surface area contributed by atoms with Crippen molar-refractivity contribution in [3.05, 3.63) is 21.7 Å². The van der Waals surface area contributed by atoms with Crippen molar-refractivity contribution in [1.82, 2.24) is 0 Å². The van der Waals surface area contributed by atoms with E-state index in [4.69, 9.17) is 5.41 Å². The molecule has 0 saturated carbocycles.